The van der Waals surface area contributed by atoms with E-state index in [-0.39, 0.29) is 0 Å². The molecule has 0 N–H and O–H groups in total. The van der Waals surface area contributed by atoms with Gasteiger partial charge in [0.2, 0.25) is 0 Å². The number of fused-ring (bicyclic) bond motifs is 7. The first-order chi connectivity index (χ1) is 31.8. The monoisotopic (exact) mass is 820 g/mol. The summed E-state index contributed by atoms with van der Waals surface area (Å²) in [7, 11) is 0. The number of rotatable bonds is 4. The van der Waals surface area contributed by atoms with Crippen molar-refractivity contribution in [1.82, 2.24) is 9.97 Å². The molecule has 0 atom stereocenters. The van der Waals surface area contributed by atoms with Crippen LogP contribution in [0.1, 0.15) is 36.0 Å². The average molecular weight is 821 g/mol. The van der Waals surface area contributed by atoms with Crippen LogP contribution in [0.25, 0.3) is 65.6 Å². The fourth-order valence-corrected chi connectivity index (χ4v) is 11.0. The molecule has 0 unspecified atom stereocenters. The van der Waals surface area contributed by atoms with Gasteiger partial charge in [-0.25, -0.2) is 0 Å². The van der Waals surface area contributed by atoms with Crippen molar-refractivity contribution in [3.05, 3.63) is 222 Å². The van der Waals surface area contributed by atoms with Crippen molar-refractivity contribution in [2.45, 2.75) is 38.5 Å². The fourth-order valence-electron chi connectivity index (χ4n) is 11.0. The molecule has 0 fully saturated rings. The van der Waals surface area contributed by atoms with Gasteiger partial charge in [-0.05, 0) is 154 Å². The summed E-state index contributed by atoms with van der Waals surface area (Å²) in [6, 6.07) is 62.8. The number of benzene rings is 8. The first-order valence-corrected chi connectivity index (χ1v) is 22.7. The second kappa shape index (κ2) is 14.9. The molecule has 0 radical (unpaired) electrons. The number of para-hydroxylation sites is 3. The third kappa shape index (κ3) is 5.83. The van der Waals surface area contributed by atoms with Crippen molar-refractivity contribution < 1.29 is 0 Å². The zero-order valence-corrected chi connectivity index (χ0v) is 35.5. The third-order valence-electron chi connectivity index (χ3n) is 14.0. The molecule has 0 saturated carbocycles. The first-order valence-electron chi connectivity index (χ1n) is 22.7. The summed E-state index contributed by atoms with van der Waals surface area (Å²) in [6.45, 7) is 0. The summed E-state index contributed by atoms with van der Waals surface area (Å²) in [6.07, 6.45) is 14.9. The summed E-state index contributed by atoms with van der Waals surface area (Å²) in [5.41, 5.74) is 17.1. The Bertz CT molecular complexity index is 3540. The van der Waals surface area contributed by atoms with Crippen LogP contribution in [-0.2, 0) is 19.3 Å². The molecule has 0 saturated heterocycles. The number of aromatic nitrogens is 2. The summed E-state index contributed by atoms with van der Waals surface area (Å²) in [5, 5.41) is 9.19. The molecule has 4 heterocycles. The molecule has 8 aromatic carbocycles. The highest BCUT2D eigenvalue weighted by Crippen LogP contribution is 2.51. The van der Waals surface area contributed by atoms with E-state index in [4.69, 9.17) is 9.97 Å². The van der Waals surface area contributed by atoms with Crippen LogP contribution >= 0.6 is 0 Å². The summed E-state index contributed by atoms with van der Waals surface area (Å²) in [5.74, 6) is 0. The minimum atomic E-state index is 0.979. The number of anilines is 5. The lowest BCUT2D eigenvalue weighted by Gasteiger charge is -2.30. The van der Waals surface area contributed by atoms with E-state index < -0.39 is 0 Å². The molecule has 4 nitrogen and oxygen atoms in total. The van der Waals surface area contributed by atoms with Crippen LogP contribution in [0.15, 0.2) is 206 Å². The summed E-state index contributed by atoms with van der Waals surface area (Å²) >= 11 is 0. The standard InChI is InChI=1S/C60H44N4/c1-7-19-47-39(13-1)33-35-61-59(47)57-49-31-29-46(64-55-23-11-5-17-43(55)27-28-44-18-6-12-24-56(44)64)38-52(49)58(60-48-20-8-2-14-40(48)34-36-62-60)50-32-30-45(37-51(50)57)63-53-21-9-3-15-41(53)25-26-42-16-4-10-22-54(42)63/h1-5,7-17,19-24,29-38H,6,18,25-28H2. The zero-order chi connectivity index (χ0) is 42.1. The molecule has 2 aliphatic heterocycles. The molecule has 13 rings (SSSR count). The van der Waals surface area contributed by atoms with E-state index >= 15 is 0 Å². The maximum absolute atomic E-state index is 5.31. The lowest BCUT2D eigenvalue weighted by molar-refractivity contribution is 0.833. The molecule has 0 bridgehead atoms. The molecule has 304 valence electrons. The van der Waals surface area contributed by atoms with Gasteiger partial charge < -0.3 is 9.80 Å². The van der Waals surface area contributed by atoms with Gasteiger partial charge in [-0.3, -0.25) is 9.97 Å². The topological polar surface area (TPSA) is 32.3 Å². The number of aryl methyl sites for hydroxylation is 3. The third-order valence-corrected chi connectivity index (χ3v) is 14.0. The molecular formula is C60H44N4. The predicted octanol–water partition coefficient (Wildman–Crippen LogP) is 15.7. The largest absolute Gasteiger partial charge is 0.310 e. The zero-order valence-electron chi connectivity index (χ0n) is 35.5. The molecule has 10 aromatic rings. The van der Waals surface area contributed by atoms with Gasteiger partial charge in [-0.2, -0.15) is 0 Å². The van der Waals surface area contributed by atoms with Crippen molar-refractivity contribution in [1.29, 1.82) is 0 Å². The van der Waals surface area contributed by atoms with Crippen LogP contribution < -0.4 is 9.80 Å². The number of hydrogen-bond acceptors (Lipinski definition) is 4. The lowest BCUT2D eigenvalue weighted by Crippen LogP contribution is -2.18. The van der Waals surface area contributed by atoms with Gasteiger partial charge in [0.1, 0.15) is 0 Å². The summed E-state index contributed by atoms with van der Waals surface area (Å²) < 4.78 is 0. The van der Waals surface area contributed by atoms with Crippen molar-refractivity contribution in [3.63, 3.8) is 0 Å². The Balaban J connectivity index is 1.18. The molecule has 1 aliphatic carbocycles. The minimum absolute atomic E-state index is 0.979. The smallest absolute Gasteiger partial charge is 0.0792 e. The van der Waals surface area contributed by atoms with E-state index in [9.17, 15) is 0 Å². The summed E-state index contributed by atoms with van der Waals surface area (Å²) in [4.78, 5) is 15.6. The Morgan fingerprint density at radius 3 is 1.41 bits per heavy atom. The van der Waals surface area contributed by atoms with Crippen molar-refractivity contribution in [2.24, 2.45) is 0 Å². The van der Waals surface area contributed by atoms with Gasteiger partial charge in [0.05, 0.1) is 11.4 Å². The number of allylic oxidation sites excluding steroid dienone is 3. The normalized spacial score (nSPS) is 14.6. The highest BCUT2D eigenvalue weighted by atomic mass is 15.2. The van der Waals surface area contributed by atoms with Crippen molar-refractivity contribution in [3.8, 4) is 22.5 Å². The molecule has 0 spiro atoms. The quantitative estimate of drug-likeness (QED) is 0.166. The number of nitrogens with zero attached hydrogens (tertiary/aromatic N) is 4. The van der Waals surface area contributed by atoms with Gasteiger partial charge in [0.25, 0.3) is 0 Å². The van der Waals surface area contributed by atoms with E-state index in [0.29, 0.717) is 0 Å². The van der Waals surface area contributed by atoms with Crippen molar-refractivity contribution >= 4 is 71.5 Å². The van der Waals surface area contributed by atoms with Crippen LogP contribution in [0.2, 0.25) is 0 Å². The Morgan fingerprint density at radius 2 is 0.844 bits per heavy atom. The fraction of sp³-hybridized carbons (Fsp3) is 0.100. The Labute approximate surface area is 373 Å². The maximum Gasteiger partial charge on any atom is 0.0792 e. The molecular weight excluding hydrogens is 777 g/mol. The highest BCUT2D eigenvalue weighted by Gasteiger charge is 2.28. The van der Waals surface area contributed by atoms with Gasteiger partial charge in [0.15, 0.2) is 0 Å². The minimum Gasteiger partial charge on any atom is -0.310 e. The second-order valence-electron chi connectivity index (χ2n) is 17.5. The van der Waals surface area contributed by atoms with E-state index in [1.165, 1.54) is 55.8 Å². The Morgan fingerprint density at radius 1 is 0.375 bits per heavy atom. The van der Waals surface area contributed by atoms with E-state index in [1.54, 1.807) is 0 Å². The highest BCUT2D eigenvalue weighted by molar-refractivity contribution is 6.25. The molecule has 3 aliphatic rings. The number of hydrogen-bond donors (Lipinski definition) is 0. The van der Waals surface area contributed by atoms with Crippen LogP contribution in [0, 0.1) is 0 Å². The number of pyridine rings is 2. The van der Waals surface area contributed by atoms with Gasteiger partial charge >= 0.3 is 0 Å². The molecule has 4 heteroatoms. The Hall–Kier alpha value is -7.82. The average Bonchev–Trinajstić information content (AvgIpc) is 3.63. The van der Waals surface area contributed by atoms with Crippen LogP contribution in [0.4, 0.5) is 28.4 Å². The van der Waals surface area contributed by atoms with E-state index in [2.05, 4.69) is 192 Å². The second-order valence-corrected chi connectivity index (χ2v) is 17.5. The van der Waals surface area contributed by atoms with Crippen LogP contribution in [0.3, 0.4) is 0 Å². The van der Waals surface area contributed by atoms with Crippen LogP contribution in [0.5, 0.6) is 0 Å². The van der Waals surface area contributed by atoms with Gasteiger partial charge in [-0.1, -0.05) is 121 Å². The van der Waals surface area contributed by atoms with Gasteiger partial charge in [0, 0.05) is 68.4 Å². The predicted molar refractivity (Wildman–Crippen MR) is 267 cm³/mol. The van der Waals surface area contributed by atoms with Gasteiger partial charge in [-0.15, -0.1) is 0 Å². The maximum atomic E-state index is 5.31. The van der Waals surface area contributed by atoms with E-state index in [0.717, 1.165) is 105 Å². The van der Waals surface area contributed by atoms with Crippen LogP contribution in [-0.4, -0.2) is 9.97 Å². The Kier molecular flexibility index (Phi) is 8.58. The molecule has 64 heavy (non-hydrogen) atoms. The lowest BCUT2D eigenvalue weighted by atomic mass is 9.86. The van der Waals surface area contributed by atoms with E-state index in [1.807, 2.05) is 12.4 Å². The molecule has 0 amide bonds. The van der Waals surface area contributed by atoms with Crippen molar-refractivity contribution in [2.75, 3.05) is 9.80 Å². The SMILES string of the molecule is C1=CC2=C(CC1)CCc1ccccc1N2c1ccc2c(-c3nccc4ccccc34)c3cc(N4c5ccccc5CCc5ccccc54)ccc3c(-c3nccc4ccccc34)c2c1. The molecule has 2 aromatic heterocycles. The first kappa shape index (κ1) is 36.8.